The zero-order valence-electron chi connectivity index (χ0n) is 9.06. The van der Waals surface area contributed by atoms with E-state index in [0.717, 1.165) is 0 Å². The van der Waals surface area contributed by atoms with Gasteiger partial charge in [0.2, 0.25) is 0 Å². The SMILES string of the molecule is O=C(Nc1ccc[n+]([O-])c1Cl)c1ccccc1Br. The summed E-state index contributed by atoms with van der Waals surface area (Å²) in [6, 6.07) is 10.1. The highest BCUT2D eigenvalue weighted by Crippen LogP contribution is 2.20. The van der Waals surface area contributed by atoms with E-state index in [4.69, 9.17) is 11.6 Å². The third-order valence-corrected chi connectivity index (χ3v) is 3.33. The summed E-state index contributed by atoms with van der Waals surface area (Å²) in [6.45, 7) is 0. The van der Waals surface area contributed by atoms with E-state index in [0.29, 0.717) is 14.8 Å². The van der Waals surface area contributed by atoms with E-state index in [1.54, 1.807) is 24.3 Å². The van der Waals surface area contributed by atoms with Gasteiger partial charge in [-0.3, -0.25) is 4.79 Å². The summed E-state index contributed by atoms with van der Waals surface area (Å²) >= 11 is 9.07. The first-order chi connectivity index (χ1) is 8.59. The normalized spacial score (nSPS) is 10.1. The molecule has 2 aromatic rings. The molecule has 0 radical (unpaired) electrons. The molecule has 2 rings (SSSR count). The number of hydrogen-bond acceptors (Lipinski definition) is 2. The van der Waals surface area contributed by atoms with Crippen molar-refractivity contribution in [3.8, 4) is 0 Å². The van der Waals surface area contributed by atoms with E-state index in [1.807, 2.05) is 6.07 Å². The predicted octanol–water partition coefficient (Wildman–Crippen LogP) is 2.99. The fourth-order valence-corrected chi connectivity index (χ4v) is 2.03. The second-order valence-electron chi connectivity index (χ2n) is 3.47. The van der Waals surface area contributed by atoms with Gasteiger partial charge in [-0.1, -0.05) is 12.1 Å². The number of benzene rings is 1. The van der Waals surface area contributed by atoms with Gasteiger partial charge >= 0.3 is 5.15 Å². The van der Waals surface area contributed by atoms with Gasteiger partial charge in [0.15, 0.2) is 6.20 Å². The fourth-order valence-electron chi connectivity index (χ4n) is 1.40. The van der Waals surface area contributed by atoms with Crippen LogP contribution in [0.2, 0.25) is 5.15 Å². The second-order valence-corrected chi connectivity index (χ2v) is 4.68. The van der Waals surface area contributed by atoms with Crippen molar-refractivity contribution >= 4 is 39.1 Å². The Balaban J connectivity index is 2.27. The summed E-state index contributed by atoms with van der Waals surface area (Å²) in [5.41, 5.74) is 0.741. The molecule has 0 saturated carbocycles. The topological polar surface area (TPSA) is 56.0 Å². The molecule has 1 aromatic heterocycles. The molecule has 0 bridgehead atoms. The van der Waals surface area contributed by atoms with Gasteiger partial charge in [0.05, 0.1) is 5.56 Å². The molecule has 0 aliphatic carbocycles. The summed E-state index contributed by atoms with van der Waals surface area (Å²) in [4.78, 5) is 12.0. The maximum absolute atomic E-state index is 12.0. The Labute approximate surface area is 117 Å². The lowest BCUT2D eigenvalue weighted by molar-refractivity contribution is -0.602. The minimum atomic E-state index is -0.337. The van der Waals surface area contributed by atoms with Crippen LogP contribution in [0.1, 0.15) is 10.4 Å². The number of carbonyl (C=O) groups excluding carboxylic acids is 1. The van der Waals surface area contributed by atoms with Gasteiger partial charge in [-0.25, -0.2) is 0 Å². The van der Waals surface area contributed by atoms with E-state index in [1.165, 1.54) is 12.3 Å². The summed E-state index contributed by atoms with van der Waals surface area (Å²) < 4.78 is 1.15. The molecule has 4 nitrogen and oxygen atoms in total. The number of amides is 1. The lowest BCUT2D eigenvalue weighted by Gasteiger charge is -2.07. The largest absolute Gasteiger partial charge is 0.618 e. The van der Waals surface area contributed by atoms with Crippen LogP contribution in [0.4, 0.5) is 5.69 Å². The smallest absolute Gasteiger partial charge is 0.310 e. The van der Waals surface area contributed by atoms with Crippen LogP contribution in [-0.2, 0) is 0 Å². The average Bonchev–Trinajstić information content (AvgIpc) is 2.35. The first kappa shape index (κ1) is 12.9. The Kier molecular flexibility index (Phi) is 3.84. The van der Waals surface area contributed by atoms with E-state index in [2.05, 4.69) is 21.2 Å². The first-order valence-corrected chi connectivity index (χ1v) is 6.20. The van der Waals surface area contributed by atoms with Gasteiger partial charge in [0.1, 0.15) is 5.69 Å². The molecule has 0 spiro atoms. The lowest BCUT2D eigenvalue weighted by Crippen LogP contribution is -2.28. The van der Waals surface area contributed by atoms with Crippen LogP contribution >= 0.6 is 27.5 Å². The van der Waals surface area contributed by atoms with Crippen molar-refractivity contribution in [2.24, 2.45) is 0 Å². The Bertz CT molecular complexity index is 604. The van der Waals surface area contributed by atoms with Crippen molar-refractivity contribution in [3.63, 3.8) is 0 Å². The van der Waals surface area contributed by atoms with Crippen LogP contribution in [0.3, 0.4) is 0 Å². The van der Waals surface area contributed by atoms with Crippen molar-refractivity contribution in [1.82, 2.24) is 0 Å². The minimum absolute atomic E-state index is 0.0714. The number of halogens is 2. The Morgan fingerprint density at radius 3 is 2.72 bits per heavy atom. The van der Waals surface area contributed by atoms with Crippen LogP contribution in [0.25, 0.3) is 0 Å². The van der Waals surface area contributed by atoms with Gasteiger partial charge < -0.3 is 10.5 Å². The average molecular weight is 328 g/mol. The van der Waals surface area contributed by atoms with Gasteiger partial charge in [-0.2, -0.15) is 4.73 Å². The first-order valence-electron chi connectivity index (χ1n) is 5.03. The monoisotopic (exact) mass is 326 g/mol. The zero-order chi connectivity index (χ0) is 13.1. The maximum Gasteiger partial charge on any atom is 0.310 e. The number of aromatic nitrogens is 1. The number of rotatable bonds is 2. The number of hydrogen-bond donors (Lipinski definition) is 1. The third-order valence-electron chi connectivity index (χ3n) is 2.27. The second kappa shape index (κ2) is 5.37. The number of anilines is 1. The molecular weight excluding hydrogens is 320 g/mol. The quantitative estimate of drug-likeness (QED) is 0.524. The summed E-state index contributed by atoms with van der Waals surface area (Å²) in [7, 11) is 0. The fraction of sp³-hybridized carbons (Fsp3) is 0. The highest BCUT2D eigenvalue weighted by molar-refractivity contribution is 9.10. The van der Waals surface area contributed by atoms with E-state index < -0.39 is 0 Å². The summed E-state index contributed by atoms with van der Waals surface area (Å²) in [5.74, 6) is -0.337. The minimum Gasteiger partial charge on any atom is -0.618 e. The van der Waals surface area contributed by atoms with E-state index >= 15 is 0 Å². The lowest BCUT2D eigenvalue weighted by atomic mass is 10.2. The van der Waals surface area contributed by atoms with Crippen molar-refractivity contribution in [3.05, 3.63) is 63.0 Å². The van der Waals surface area contributed by atoms with Gasteiger partial charge in [-0.05, 0) is 45.7 Å². The van der Waals surface area contributed by atoms with Crippen molar-refractivity contribution in [2.75, 3.05) is 5.32 Å². The van der Waals surface area contributed by atoms with Crippen molar-refractivity contribution < 1.29 is 9.52 Å². The van der Waals surface area contributed by atoms with Gasteiger partial charge in [0.25, 0.3) is 5.91 Å². The Hall–Kier alpha value is -1.59. The molecule has 0 fully saturated rings. The molecular formula is C12H8BrClN2O2. The van der Waals surface area contributed by atoms with Crippen LogP contribution in [0, 0.1) is 5.21 Å². The Morgan fingerprint density at radius 1 is 1.28 bits per heavy atom. The number of nitrogens with zero attached hydrogens (tertiary/aromatic N) is 1. The summed E-state index contributed by atoms with van der Waals surface area (Å²) in [5, 5.41) is 13.8. The van der Waals surface area contributed by atoms with Crippen LogP contribution < -0.4 is 10.0 Å². The van der Waals surface area contributed by atoms with Crippen LogP contribution in [0.5, 0.6) is 0 Å². The van der Waals surface area contributed by atoms with Crippen LogP contribution in [0.15, 0.2) is 47.1 Å². The molecule has 1 N–H and O–H groups in total. The number of carbonyl (C=O) groups is 1. The highest BCUT2D eigenvalue weighted by Gasteiger charge is 2.14. The Morgan fingerprint density at radius 2 is 2.00 bits per heavy atom. The zero-order valence-corrected chi connectivity index (χ0v) is 11.4. The third kappa shape index (κ3) is 2.63. The molecule has 0 aliphatic rings. The molecule has 0 atom stereocenters. The molecule has 0 unspecified atom stereocenters. The highest BCUT2D eigenvalue weighted by atomic mass is 79.9. The number of nitrogens with one attached hydrogen (secondary N) is 1. The predicted molar refractivity (Wildman–Crippen MR) is 72.5 cm³/mol. The molecule has 0 aliphatic heterocycles. The molecule has 92 valence electrons. The van der Waals surface area contributed by atoms with Crippen molar-refractivity contribution in [1.29, 1.82) is 0 Å². The van der Waals surface area contributed by atoms with Gasteiger partial charge in [0, 0.05) is 10.5 Å². The van der Waals surface area contributed by atoms with Gasteiger partial charge in [-0.15, -0.1) is 0 Å². The van der Waals surface area contributed by atoms with E-state index in [-0.39, 0.29) is 16.7 Å². The molecule has 0 saturated heterocycles. The molecule has 1 heterocycles. The molecule has 1 aromatic carbocycles. The summed E-state index contributed by atoms with van der Waals surface area (Å²) in [6.07, 6.45) is 1.26. The van der Waals surface area contributed by atoms with Crippen LogP contribution in [-0.4, -0.2) is 5.91 Å². The molecule has 6 heteroatoms. The standard InChI is InChI=1S/C12H8BrClN2O2/c13-9-5-2-1-4-8(9)12(17)15-10-6-3-7-16(18)11(10)14/h1-7H,(H,15,17). The molecule has 18 heavy (non-hydrogen) atoms. The molecule has 1 amide bonds. The maximum atomic E-state index is 12.0. The van der Waals surface area contributed by atoms with Crippen molar-refractivity contribution in [2.45, 2.75) is 0 Å². The number of pyridine rings is 1. The van der Waals surface area contributed by atoms with E-state index in [9.17, 15) is 10.0 Å².